The van der Waals surface area contributed by atoms with E-state index in [9.17, 15) is 9.59 Å². The lowest BCUT2D eigenvalue weighted by atomic mass is 9.79. The van der Waals surface area contributed by atoms with E-state index in [0.717, 1.165) is 40.7 Å². The Kier molecular flexibility index (Phi) is 7.05. The molecule has 8 nitrogen and oxygen atoms in total. The van der Waals surface area contributed by atoms with Crippen LogP contribution in [0.4, 0.5) is 5.69 Å². The second kappa shape index (κ2) is 10.2. The number of carbonyl (C=O) groups is 2. The molecule has 0 saturated carbocycles. The van der Waals surface area contributed by atoms with Gasteiger partial charge in [0.15, 0.2) is 5.78 Å². The molecule has 8 heteroatoms. The number of rotatable bonds is 7. The highest BCUT2D eigenvalue weighted by Crippen LogP contribution is 2.39. The average Bonchev–Trinajstić information content (AvgIpc) is 2.87. The van der Waals surface area contributed by atoms with Crippen LogP contribution in [0, 0.1) is 5.41 Å². The molecule has 2 aliphatic rings. The second-order valence-electron chi connectivity index (χ2n) is 8.88. The van der Waals surface area contributed by atoms with Crippen LogP contribution < -0.4 is 10.1 Å². The highest BCUT2D eigenvalue weighted by molar-refractivity contribution is 6.43. The molecule has 0 atom stereocenters. The van der Waals surface area contributed by atoms with Crippen LogP contribution in [0.1, 0.15) is 44.7 Å². The van der Waals surface area contributed by atoms with Crippen molar-refractivity contribution in [1.29, 1.82) is 5.41 Å². The summed E-state index contributed by atoms with van der Waals surface area (Å²) in [6.45, 7) is 9.50. The Labute approximate surface area is 210 Å². The van der Waals surface area contributed by atoms with E-state index in [1.54, 1.807) is 26.1 Å². The number of nitrogens with zero attached hydrogens (tertiary/aromatic N) is 3. The van der Waals surface area contributed by atoms with E-state index in [4.69, 9.17) is 10.1 Å². The molecule has 0 saturated heterocycles. The zero-order valence-corrected chi connectivity index (χ0v) is 21.0. The molecule has 1 aliphatic heterocycles. The van der Waals surface area contributed by atoms with Gasteiger partial charge in [-0.3, -0.25) is 14.6 Å². The van der Waals surface area contributed by atoms with Gasteiger partial charge in [-0.05, 0) is 74.9 Å². The molecule has 3 heterocycles. The Balaban J connectivity index is 1.86. The molecular weight excluding hydrogens is 454 g/mol. The number of allylic oxidation sites excluding steroid dienone is 2. The average molecular weight is 484 g/mol. The zero-order chi connectivity index (χ0) is 26.0. The van der Waals surface area contributed by atoms with Gasteiger partial charge < -0.3 is 15.5 Å². The van der Waals surface area contributed by atoms with Crippen LogP contribution >= 0.6 is 0 Å². The normalized spacial score (nSPS) is 15.9. The van der Waals surface area contributed by atoms with Gasteiger partial charge >= 0.3 is 0 Å². The Bertz CT molecular complexity index is 1400. The molecule has 2 aromatic rings. The summed E-state index contributed by atoms with van der Waals surface area (Å²) in [7, 11) is 1.49. The summed E-state index contributed by atoms with van der Waals surface area (Å²) in [5.41, 5.74) is 7.79. The Morgan fingerprint density at radius 3 is 2.64 bits per heavy atom. The van der Waals surface area contributed by atoms with Gasteiger partial charge in [0.2, 0.25) is 5.88 Å². The van der Waals surface area contributed by atoms with Crippen molar-refractivity contribution in [3.05, 3.63) is 65.0 Å². The van der Waals surface area contributed by atoms with E-state index in [-0.39, 0.29) is 23.3 Å². The summed E-state index contributed by atoms with van der Waals surface area (Å²) >= 11 is 0. The molecule has 0 aromatic carbocycles. The van der Waals surface area contributed by atoms with E-state index in [0.29, 0.717) is 41.2 Å². The molecule has 36 heavy (non-hydrogen) atoms. The number of carbonyl (C=O) groups excluding carboxylic acids is 2. The number of hydrogen-bond acceptors (Lipinski definition) is 7. The molecule has 2 aromatic heterocycles. The number of methoxy groups -OCH3 is 1. The third-order valence-corrected chi connectivity index (χ3v) is 6.47. The molecule has 0 fully saturated rings. The quantitative estimate of drug-likeness (QED) is 0.442. The highest BCUT2D eigenvalue weighted by Gasteiger charge is 2.29. The van der Waals surface area contributed by atoms with E-state index in [1.807, 2.05) is 19.2 Å². The molecule has 0 radical (unpaired) electrons. The largest absolute Gasteiger partial charge is 0.479 e. The molecule has 2 N–H and O–H groups in total. The van der Waals surface area contributed by atoms with Crippen molar-refractivity contribution in [1.82, 2.24) is 15.3 Å². The molecular formula is C28H29N5O3. The van der Waals surface area contributed by atoms with Crippen LogP contribution in [-0.4, -0.2) is 46.7 Å². The first-order chi connectivity index (χ1) is 17.2. The van der Waals surface area contributed by atoms with Gasteiger partial charge in [0.05, 0.1) is 18.5 Å². The maximum atomic E-state index is 12.8. The maximum Gasteiger partial charge on any atom is 0.251 e. The van der Waals surface area contributed by atoms with Gasteiger partial charge in [-0.15, -0.1) is 0 Å². The predicted molar refractivity (Wildman–Crippen MR) is 141 cm³/mol. The molecule has 1 aliphatic carbocycles. The van der Waals surface area contributed by atoms with Crippen LogP contribution in [0.3, 0.4) is 0 Å². The number of fused-ring (bicyclic) bond motifs is 1. The van der Waals surface area contributed by atoms with Crippen molar-refractivity contribution in [2.75, 3.05) is 13.7 Å². The number of ketones is 1. The minimum absolute atomic E-state index is 0.0727. The maximum absolute atomic E-state index is 12.8. The lowest BCUT2D eigenvalue weighted by Crippen LogP contribution is -2.33. The fourth-order valence-electron chi connectivity index (χ4n) is 4.67. The number of ether oxygens (including phenoxy) is 1. The Hall–Kier alpha value is -4.20. The molecule has 4 rings (SSSR count). The number of aromatic nitrogens is 2. The van der Waals surface area contributed by atoms with Crippen LogP contribution in [0.5, 0.6) is 5.88 Å². The van der Waals surface area contributed by atoms with Crippen molar-refractivity contribution in [3.63, 3.8) is 0 Å². The van der Waals surface area contributed by atoms with Gasteiger partial charge in [0.25, 0.3) is 5.91 Å². The second-order valence-corrected chi connectivity index (χ2v) is 8.88. The first kappa shape index (κ1) is 24.9. The fraction of sp³-hybridized carbons (Fsp3) is 0.286. The van der Waals surface area contributed by atoms with Crippen LogP contribution in [0.25, 0.3) is 16.8 Å². The smallest absolute Gasteiger partial charge is 0.251 e. The predicted octanol–water partition coefficient (Wildman–Crippen LogP) is 4.58. The topological polar surface area (TPSA) is 117 Å². The Morgan fingerprint density at radius 2 is 1.97 bits per heavy atom. The standard InChI is InChI=1S/C28H29N5O3/c1-6-24(34)17(4)33-23-11-19(14-32-28(23)36-5)22-12-21-18(13-31-22)7-8-20(26(21)16(3)29)25-15(2)9-10-30-27(25)35/h6,11-14,29H,1,7-10H2,2-5H3,(H,30,35). The van der Waals surface area contributed by atoms with Gasteiger partial charge in [0, 0.05) is 41.4 Å². The third kappa shape index (κ3) is 4.66. The van der Waals surface area contributed by atoms with Crippen LogP contribution in [0.2, 0.25) is 0 Å². The summed E-state index contributed by atoms with van der Waals surface area (Å²) in [4.78, 5) is 38.2. The van der Waals surface area contributed by atoms with E-state index in [1.165, 1.54) is 13.2 Å². The Morgan fingerprint density at radius 1 is 1.19 bits per heavy atom. The number of pyridine rings is 2. The number of aliphatic imine (C=N–C) groups is 1. The minimum atomic E-state index is -0.283. The van der Waals surface area contributed by atoms with Gasteiger partial charge in [-0.25, -0.2) is 9.98 Å². The molecule has 0 bridgehead atoms. The molecule has 0 unspecified atom stereocenters. The minimum Gasteiger partial charge on any atom is -0.479 e. The van der Waals surface area contributed by atoms with Gasteiger partial charge in [-0.1, -0.05) is 12.2 Å². The highest BCUT2D eigenvalue weighted by atomic mass is 16.5. The third-order valence-electron chi connectivity index (χ3n) is 6.47. The first-order valence-electron chi connectivity index (χ1n) is 11.8. The monoisotopic (exact) mass is 483 g/mol. The summed E-state index contributed by atoms with van der Waals surface area (Å²) in [6.07, 6.45) is 6.90. The van der Waals surface area contributed by atoms with E-state index < -0.39 is 0 Å². The number of amides is 1. The van der Waals surface area contributed by atoms with Crippen LogP contribution in [0.15, 0.2) is 58.9 Å². The van der Waals surface area contributed by atoms with Crippen LogP contribution in [-0.2, 0) is 16.0 Å². The number of nitrogens with one attached hydrogen (secondary N) is 2. The van der Waals surface area contributed by atoms with Crippen molar-refractivity contribution in [2.24, 2.45) is 4.99 Å². The first-order valence-corrected chi connectivity index (χ1v) is 11.8. The van der Waals surface area contributed by atoms with Crippen molar-refractivity contribution < 1.29 is 14.3 Å². The molecule has 184 valence electrons. The summed E-state index contributed by atoms with van der Waals surface area (Å²) in [5, 5.41) is 11.5. The van der Waals surface area contributed by atoms with E-state index in [2.05, 4.69) is 26.9 Å². The SMILES string of the molecule is C=CC(=O)C(C)=Nc1cc(-c2cc3c(cn2)CCC(C2=C(C)CCNC2=O)=C3C(C)=N)cnc1OC. The molecule has 0 spiro atoms. The lowest BCUT2D eigenvalue weighted by Gasteiger charge is -2.28. The van der Waals surface area contributed by atoms with Gasteiger partial charge in [0.1, 0.15) is 5.69 Å². The number of aryl methyl sites for hydroxylation is 1. The zero-order valence-electron chi connectivity index (χ0n) is 21.0. The van der Waals surface area contributed by atoms with Crippen molar-refractivity contribution >= 4 is 34.4 Å². The van der Waals surface area contributed by atoms with E-state index >= 15 is 0 Å². The van der Waals surface area contributed by atoms with Crippen molar-refractivity contribution in [3.8, 4) is 17.1 Å². The fourth-order valence-corrected chi connectivity index (χ4v) is 4.67. The lowest BCUT2D eigenvalue weighted by molar-refractivity contribution is -0.117. The van der Waals surface area contributed by atoms with Crippen molar-refractivity contribution in [2.45, 2.75) is 40.0 Å². The number of hydrogen-bond donors (Lipinski definition) is 2. The molecule has 1 amide bonds. The summed E-state index contributed by atoms with van der Waals surface area (Å²) < 4.78 is 5.34. The van der Waals surface area contributed by atoms with Gasteiger partial charge in [-0.2, -0.15) is 0 Å². The summed E-state index contributed by atoms with van der Waals surface area (Å²) in [5.74, 6) is -0.0668. The summed E-state index contributed by atoms with van der Waals surface area (Å²) in [6, 6.07) is 3.71.